The molecule has 0 radical (unpaired) electrons. The Bertz CT molecular complexity index is 569. The molecule has 1 fully saturated rings. The van der Waals surface area contributed by atoms with E-state index in [0.717, 1.165) is 12.8 Å². The SMILES string of the molecule is Cc1nc([S+]([O-])CCC(F)=C(F)F)oc1C=NOCC1CC1. The molecule has 1 aliphatic rings. The number of hydrogen-bond donors (Lipinski definition) is 0. The van der Waals surface area contributed by atoms with Gasteiger partial charge in [0.25, 0.3) is 0 Å². The number of oxazole rings is 1. The highest BCUT2D eigenvalue weighted by molar-refractivity contribution is 7.91. The molecule has 9 heteroatoms. The average molecular weight is 336 g/mol. The summed E-state index contributed by atoms with van der Waals surface area (Å²) in [4.78, 5) is 8.98. The number of oxime groups is 1. The molecule has 1 aromatic rings. The predicted molar refractivity (Wildman–Crippen MR) is 73.8 cm³/mol. The van der Waals surface area contributed by atoms with E-state index in [4.69, 9.17) is 9.25 Å². The maximum absolute atomic E-state index is 12.7. The van der Waals surface area contributed by atoms with Crippen molar-refractivity contribution in [3.8, 4) is 0 Å². The number of rotatable bonds is 8. The summed E-state index contributed by atoms with van der Waals surface area (Å²) in [6, 6.07) is 0. The summed E-state index contributed by atoms with van der Waals surface area (Å²) in [6.45, 7) is 2.16. The van der Waals surface area contributed by atoms with Crippen molar-refractivity contribution >= 4 is 17.4 Å². The minimum absolute atomic E-state index is 0.145. The summed E-state index contributed by atoms with van der Waals surface area (Å²) < 4.78 is 53.5. The molecule has 0 aliphatic heterocycles. The van der Waals surface area contributed by atoms with E-state index in [1.165, 1.54) is 6.21 Å². The van der Waals surface area contributed by atoms with Crippen LogP contribution in [0.1, 0.15) is 30.7 Å². The molecule has 1 aromatic heterocycles. The molecule has 1 aliphatic carbocycles. The molecule has 2 rings (SSSR count). The number of halogens is 3. The molecule has 1 saturated carbocycles. The summed E-state index contributed by atoms with van der Waals surface area (Å²) >= 11 is -1.80. The van der Waals surface area contributed by atoms with Crippen molar-refractivity contribution in [2.75, 3.05) is 12.4 Å². The van der Waals surface area contributed by atoms with Gasteiger partial charge >= 0.3 is 11.3 Å². The van der Waals surface area contributed by atoms with Gasteiger partial charge in [-0.15, -0.1) is 0 Å². The van der Waals surface area contributed by atoms with E-state index < -0.39 is 29.5 Å². The molecule has 122 valence electrons. The molecule has 1 atom stereocenters. The molecule has 0 spiro atoms. The number of hydrogen-bond acceptors (Lipinski definition) is 5. The van der Waals surface area contributed by atoms with Crippen molar-refractivity contribution in [3.63, 3.8) is 0 Å². The molecule has 1 heterocycles. The zero-order chi connectivity index (χ0) is 16.1. The quantitative estimate of drug-likeness (QED) is 0.415. The lowest BCUT2D eigenvalue weighted by Gasteiger charge is -2.03. The number of aromatic nitrogens is 1. The van der Waals surface area contributed by atoms with Crippen molar-refractivity contribution < 1.29 is 27.0 Å². The highest BCUT2D eigenvalue weighted by Crippen LogP contribution is 2.28. The second kappa shape index (κ2) is 7.68. The third-order valence-corrected chi connectivity index (χ3v) is 4.11. The van der Waals surface area contributed by atoms with Gasteiger partial charge in [-0.2, -0.15) is 13.8 Å². The van der Waals surface area contributed by atoms with Gasteiger partial charge in [0, 0.05) is 11.2 Å². The molecule has 0 N–H and O–H groups in total. The third-order valence-electron chi connectivity index (χ3n) is 2.97. The fourth-order valence-electron chi connectivity index (χ4n) is 1.48. The van der Waals surface area contributed by atoms with Gasteiger partial charge in [-0.05, 0) is 25.7 Å². The predicted octanol–water partition coefficient (Wildman–Crippen LogP) is 3.32. The van der Waals surface area contributed by atoms with Gasteiger partial charge in [0.15, 0.2) is 11.6 Å². The molecule has 0 saturated heterocycles. The van der Waals surface area contributed by atoms with E-state index >= 15 is 0 Å². The van der Waals surface area contributed by atoms with E-state index in [1.807, 2.05) is 0 Å². The van der Waals surface area contributed by atoms with Crippen LogP contribution in [-0.4, -0.2) is 28.1 Å². The zero-order valence-corrected chi connectivity index (χ0v) is 12.7. The lowest BCUT2D eigenvalue weighted by molar-refractivity contribution is 0.135. The van der Waals surface area contributed by atoms with Crippen LogP contribution in [0.3, 0.4) is 0 Å². The largest absolute Gasteiger partial charge is 0.608 e. The Labute approximate surface area is 128 Å². The van der Waals surface area contributed by atoms with Crippen LogP contribution < -0.4 is 0 Å². The Morgan fingerprint density at radius 1 is 1.50 bits per heavy atom. The topological polar surface area (TPSA) is 70.7 Å². The molecular formula is C13H15F3N2O3S. The lowest BCUT2D eigenvalue weighted by Crippen LogP contribution is -2.07. The van der Waals surface area contributed by atoms with Gasteiger partial charge in [-0.1, -0.05) is 5.16 Å². The van der Waals surface area contributed by atoms with Crippen molar-refractivity contribution in [2.24, 2.45) is 11.1 Å². The van der Waals surface area contributed by atoms with Gasteiger partial charge in [0.1, 0.15) is 18.6 Å². The Hall–Kier alpha value is -1.48. The van der Waals surface area contributed by atoms with Crippen LogP contribution in [0.25, 0.3) is 0 Å². The van der Waals surface area contributed by atoms with E-state index in [9.17, 15) is 17.7 Å². The summed E-state index contributed by atoms with van der Waals surface area (Å²) in [5.41, 5.74) is 0.440. The minimum atomic E-state index is -2.40. The van der Waals surface area contributed by atoms with Gasteiger partial charge in [0.05, 0.1) is 12.1 Å². The Morgan fingerprint density at radius 2 is 2.23 bits per heavy atom. The Balaban J connectivity index is 1.88. The van der Waals surface area contributed by atoms with Crippen molar-refractivity contribution in [1.29, 1.82) is 0 Å². The summed E-state index contributed by atoms with van der Waals surface area (Å²) in [5, 5.41) is 3.58. The van der Waals surface area contributed by atoms with Crippen LogP contribution in [0.2, 0.25) is 0 Å². The highest BCUT2D eigenvalue weighted by atomic mass is 32.2. The summed E-state index contributed by atoms with van der Waals surface area (Å²) in [6.07, 6.45) is 0.563. The molecule has 22 heavy (non-hydrogen) atoms. The Morgan fingerprint density at radius 3 is 2.86 bits per heavy atom. The second-order valence-electron chi connectivity index (χ2n) is 4.87. The van der Waals surface area contributed by atoms with E-state index in [-0.39, 0.29) is 16.7 Å². The fourth-order valence-corrected chi connectivity index (χ4v) is 2.44. The maximum Gasteiger partial charge on any atom is 0.415 e. The highest BCUT2D eigenvalue weighted by Gasteiger charge is 2.23. The van der Waals surface area contributed by atoms with E-state index in [0.29, 0.717) is 18.2 Å². The standard InChI is InChI=1S/C13H15F3N2O3S/c1-8-11(6-17-20-7-9-2-3-9)21-13(18-8)22(19)5-4-10(14)12(15)16/h6,9H,2-5,7H2,1H3. The third kappa shape index (κ3) is 5.06. The van der Waals surface area contributed by atoms with Crippen LogP contribution in [0.4, 0.5) is 13.2 Å². The molecule has 0 bridgehead atoms. The first-order valence-electron chi connectivity index (χ1n) is 6.68. The Kier molecular flexibility index (Phi) is 5.90. The van der Waals surface area contributed by atoms with Gasteiger partial charge in [0.2, 0.25) is 0 Å². The van der Waals surface area contributed by atoms with E-state index in [1.54, 1.807) is 6.92 Å². The molecule has 0 aromatic carbocycles. The van der Waals surface area contributed by atoms with E-state index in [2.05, 4.69) is 10.1 Å². The van der Waals surface area contributed by atoms with Crippen molar-refractivity contribution in [2.45, 2.75) is 31.4 Å². The lowest BCUT2D eigenvalue weighted by atomic mass is 10.4. The van der Waals surface area contributed by atoms with Gasteiger partial charge < -0.3 is 13.8 Å². The average Bonchev–Trinajstić information content (AvgIpc) is 3.23. The molecule has 0 amide bonds. The minimum Gasteiger partial charge on any atom is -0.608 e. The van der Waals surface area contributed by atoms with Crippen LogP contribution in [-0.2, 0) is 16.0 Å². The summed E-state index contributed by atoms with van der Waals surface area (Å²) in [5.74, 6) is -1.08. The first kappa shape index (κ1) is 16.9. The first-order chi connectivity index (χ1) is 10.5. The number of allylic oxidation sites excluding steroid dienone is 1. The zero-order valence-electron chi connectivity index (χ0n) is 11.9. The molecule has 5 nitrogen and oxygen atoms in total. The smallest absolute Gasteiger partial charge is 0.415 e. The van der Waals surface area contributed by atoms with Crippen molar-refractivity contribution in [3.05, 3.63) is 23.4 Å². The van der Waals surface area contributed by atoms with Gasteiger partial charge in [-0.25, -0.2) is 4.39 Å². The maximum atomic E-state index is 12.7. The van der Waals surface area contributed by atoms with Crippen LogP contribution in [0.15, 0.2) is 26.7 Å². The molecular weight excluding hydrogens is 321 g/mol. The van der Waals surface area contributed by atoms with Crippen LogP contribution in [0.5, 0.6) is 0 Å². The van der Waals surface area contributed by atoms with Crippen LogP contribution in [0, 0.1) is 12.8 Å². The van der Waals surface area contributed by atoms with Crippen molar-refractivity contribution in [1.82, 2.24) is 4.98 Å². The monoisotopic (exact) mass is 336 g/mol. The normalized spacial score (nSPS) is 16.0. The number of nitrogens with zero attached hydrogens (tertiary/aromatic N) is 2. The number of aryl methyl sites for hydroxylation is 1. The fraction of sp³-hybridized carbons (Fsp3) is 0.538. The molecule has 1 unspecified atom stereocenters. The first-order valence-corrected chi connectivity index (χ1v) is 8.00. The van der Waals surface area contributed by atoms with Gasteiger partial charge in [-0.3, -0.25) is 0 Å². The summed E-state index contributed by atoms with van der Waals surface area (Å²) in [7, 11) is 0. The van der Waals surface area contributed by atoms with Crippen LogP contribution >= 0.6 is 0 Å². The second-order valence-corrected chi connectivity index (χ2v) is 6.32.